The summed E-state index contributed by atoms with van der Waals surface area (Å²) in [6, 6.07) is 2.49. The lowest BCUT2D eigenvalue weighted by Crippen LogP contribution is -2.41. The zero-order valence-corrected chi connectivity index (χ0v) is 13.8. The highest BCUT2D eigenvalue weighted by Gasteiger charge is 2.28. The van der Waals surface area contributed by atoms with Crippen molar-refractivity contribution in [2.45, 2.75) is 25.8 Å². The molecule has 0 radical (unpaired) electrons. The van der Waals surface area contributed by atoms with Crippen molar-refractivity contribution in [1.82, 2.24) is 9.80 Å². The van der Waals surface area contributed by atoms with E-state index in [-0.39, 0.29) is 10.5 Å². The van der Waals surface area contributed by atoms with Crippen LogP contribution in [0.3, 0.4) is 0 Å². The molecule has 3 nitrogen and oxygen atoms in total. The fourth-order valence-electron chi connectivity index (χ4n) is 2.85. The first kappa shape index (κ1) is 16.4. The first-order valence-corrected chi connectivity index (χ1v) is 7.87. The standard InChI is InChI=1S/C15H19BrF2N2O/c1-3-20-6-4-5-11(20)9-19(2)15(21)14-12(17)7-10(16)8-13(14)18/h7-8,11H,3-6,9H2,1-2H3. The second-order valence-electron chi connectivity index (χ2n) is 5.35. The molecule has 116 valence electrons. The molecule has 1 aromatic rings. The molecule has 0 aromatic heterocycles. The summed E-state index contributed by atoms with van der Waals surface area (Å²) >= 11 is 3.01. The normalized spacial score (nSPS) is 19.0. The van der Waals surface area contributed by atoms with Crippen molar-refractivity contribution in [1.29, 1.82) is 0 Å². The van der Waals surface area contributed by atoms with Gasteiger partial charge in [0.2, 0.25) is 0 Å². The van der Waals surface area contributed by atoms with Crippen LogP contribution in [-0.4, -0.2) is 48.4 Å². The van der Waals surface area contributed by atoms with E-state index < -0.39 is 23.1 Å². The minimum absolute atomic E-state index is 0.269. The maximum absolute atomic E-state index is 13.9. The Balaban J connectivity index is 2.13. The predicted octanol–water partition coefficient (Wildman–Crippen LogP) is 3.28. The van der Waals surface area contributed by atoms with Gasteiger partial charge in [-0.25, -0.2) is 8.78 Å². The summed E-state index contributed by atoms with van der Waals surface area (Å²) in [6.07, 6.45) is 2.11. The van der Waals surface area contributed by atoms with Gasteiger partial charge in [-0.05, 0) is 38.1 Å². The van der Waals surface area contributed by atoms with Crippen LogP contribution in [0.15, 0.2) is 16.6 Å². The number of likely N-dealkylation sites (N-methyl/N-ethyl adjacent to an activating group) is 2. The average Bonchev–Trinajstić information content (AvgIpc) is 2.84. The van der Waals surface area contributed by atoms with Gasteiger partial charge in [-0.1, -0.05) is 22.9 Å². The quantitative estimate of drug-likeness (QED) is 0.822. The molecule has 1 aliphatic heterocycles. The van der Waals surface area contributed by atoms with Gasteiger partial charge in [0, 0.05) is 24.1 Å². The van der Waals surface area contributed by atoms with Gasteiger partial charge < -0.3 is 4.90 Å². The largest absolute Gasteiger partial charge is 0.340 e. The average molecular weight is 361 g/mol. The van der Waals surface area contributed by atoms with E-state index in [2.05, 4.69) is 27.8 Å². The molecule has 1 heterocycles. The summed E-state index contributed by atoms with van der Waals surface area (Å²) < 4.78 is 28.0. The van der Waals surface area contributed by atoms with Crippen LogP contribution < -0.4 is 0 Å². The second kappa shape index (κ2) is 6.83. The highest BCUT2D eigenvalue weighted by molar-refractivity contribution is 9.10. The van der Waals surface area contributed by atoms with Crippen molar-refractivity contribution in [2.24, 2.45) is 0 Å². The third kappa shape index (κ3) is 3.61. The molecule has 21 heavy (non-hydrogen) atoms. The topological polar surface area (TPSA) is 23.6 Å². The third-order valence-electron chi connectivity index (χ3n) is 3.96. The monoisotopic (exact) mass is 360 g/mol. The number of hydrogen-bond donors (Lipinski definition) is 0. The van der Waals surface area contributed by atoms with Crippen LogP contribution in [0.5, 0.6) is 0 Å². The minimum Gasteiger partial charge on any atom is -0.340 e. The van der Waals surface area contributed by atoms with E-state index in [1.807, 2.05) is 0 Å². The van der Waals surface area contributed by atoms with Gasteiger partial charge in [0.15, 0.2) is 0 Å². The molecule has 6 heteroatoms. The van der Waals surface area contributed by atoms with Crippen LogP contribution in [-0.2, 0) is 0 Å². The number of halogens is 3. The first-order valence-electron chi connectivity index (χ1n) is 7.08. The number of amides is 1. The zero-order valence-electron chi connectivity index (χ0n) is 12.2. The molecule has 1 aromatic carbocycles. The lowest BCUT2D eigenvalue weighted by Gasteiger charge is -2.28. The van der Waals surface area contributed by atoms with E-state index in [0.717, 1.165) is 38.1 Å². The van der Waals surface area contributed by atoms with Crippen LogP contribution >= 0.6 is 15.9 Å². The van der Waals surface area contributed by atoms with Crippen molar-refractivity contribution >= 4 is 21.8 Å². The molecule has 1 unspecified atom stereocenters. The summed E-state index contributed by atoms with van der Waals surface area (Å²) in [6.45, 7) is 4.51. The van der Waals surface area contributed by atoms with Gasteiger partial charge in [-0.2, -0.15) is 0 Å². The van der Waals surface area contributed by atoms with Crippen LogP contribution in [0, 0.1) is 11.6 Å². The van der Waals surface area contributed by atoms with Crippen molar-refractivity contribution in [3.63, 3.8) is 0 Å². The maximum atomic E-state index is 13.9. The van der Waals surface area contributed by atoms with Crippen LogP contribution in [0.25, 0.3) is 0 Å². The molecule has 1 amide bonds. The van der Waals surface area contributed by atoms with Gasteiger partial charge in [0.25, 0.3) is 5.91 Å². The molecular formula is C15H19BrF2N2O. The van der Waals surface area contributed by atoms with Gasteiger partial charge >= 0.3 is 0 Å². The molecule has 0 spiro atoms. The molecular weight excluding hydrogens is 342 g/mol. The fraction of sp³-hybridized carbons (Fsp3) is 0.533. The predicted molar refractivity (Wildman–Crippen MR) is 81.3 cm³/mol. The SMILES string of the molecule is CCN1CCCC1CN(C)C(=O)c1c(F)cc(Br)cc1F. The second-order valence-corrected chi connectivity index (χ2v) is 6.27. The summed E-state index contributed by atoms with van der Waals surface area (Å²) in [5.74, 6) is -2.28. The number of likely N-dealkylation sites (tertiary alicyclic amines) is 1. The lowest BCUT2D eigenvalue weighted by atomic mass is 10.1. The van der Waals surface area contributed by atoms with Crippen LogP contribution in [0.1, 0.15) is 30.1 Å². The number of rotatable bonds is 4. The third-order valence-corrected chi connectivity index (χ3v) is 4.42. The van der Waals surface area contributed by atoms with Gasteiger partial charge in [-0.15, -0.1) is 0 Å². The number of hydrogen-bond acceptors (Lipinski definition) is 2. The van der Waals surface area contributed by atoms with Crippen LogP contribution in [0.2, 0.25) is 0 Å². The molecule has 1 atom stereocenters. The molecule has 0 saturated carbocycles. The summed E-state index contributed by atoms with van der Waals surface area (Å²) in [7, 11) is 1.59. The Morgan fingerprint density at radius 2 is 2.05 bits per heavy atom. The lowest BCUT2D eigenvalue weighted by molar-refractivity contribution is 0.0745. The maximum Gasteiger partial charge on any atom is 0.259 e. The number of benzene rings is 1. The van der Waals surface area contributed by atoms with Gasteiger partial charge in [0.1, 0.15) is 17.2 Å². The number of nitrogens with zero attached hydrogens (tertiary/aromatic N) is 2. The summed E-state index contributed by atoms with van der Waals surface area (Å²) in [4.78, 5) is 16.0. The smallest absolute Gasteiger partial charge is 0.259 e. The van der Waals surface area contributed by atoms with E-state index in [1.54, 1.807) is 7.05 Å². The summed E-state index contributed by atoms with van der Waals surface area (Å²) in [5, 5.41) is 0. The molecule has 1 fully saturated rings. The Morgan fingerprint density at radius 1 is 1.43 bits per heavy atom. The highest BCUT2D eigenvalue weighted by atomic mass is 79.9. The molecule has 0 N–H and O–H groups in total. The Labute approximate surface area is 132 Å². The Bertz CT molecular complexity index is 515. The van der Waals surface area contributed by atoms with E-state index in [4.69, 9.17) is 0 Å². The Morgan fingerprint density at radius 3 is 2.62 bits per heavy atom. The van der Waals surface area contributed by atoms with Crippen molar-refractivity contribution < 1.29 is 13.6 Å². The molecule has 1 saturated heterocycles. The van der Waals surface area contributed by atoms with Crippen molar-refractivity contribution in [3.05, 3.63) is 33.8 Å². The van der Waals surface area contributed by atoms with E-state index in [9.17, 15) is 13.6 Å². The minimum atomic E-state index is -0.836. The number of carbonyl (C=O) groups excluding carboxylic acids is 1. The number of carbonyl (C=O) groups is 1. The zero-order chi connectivity index (χ0) is 15.6. The van der Waals surface area contributed by atoms with Gasteiger partial charge in [-0.3, -0.25) is 9.69 Å². The van der Waals surface area contributed by atoms with E-state index in [0.29, 0.717) is 6.54 Å². The molecule has 2 rings (SSSR count). The molecule has 0 aliphatic carbocycles. The van der Waals surface area contributed by atoms with Crippen molar-refractivity contribution in [3.8, 4) is 0 Å². The Kier molecular flexibility index (Phi) is 5.32. The fourth-order valence-corrected chi connectivity index (χ4v) is 3.26. The van der Waals surface area contributed by atoms with Gasteiger partial charge in [0.05, 0.1) is 0 Å². The highest BCUT2D eigenvalue weighted by Crippen LogP contribution is 2.22. The Hall–Kier alpha value is -1.01. The molecule has 1 aliphatic rings. The van der Waals surface area contributed by atoms with E-state index in [1.165, 1.54) is 4.90 Å². The van der Waals surface area contributed by atoms with E-state index >= 15 is 0 Å². The molecule has 0 bridgehead atoms. The van der Waals surface area contributed by atoms with Crippen molar-refractivity contribution in [2.75, 3.05) is 26.7 Å². The first-order chi connectivity index (χ1) is 9.93. The van der Waals surface area contributed by atoms with Crippen LogP contribution in [0.4, 0.5) is 8.78 Å². The summed E-state index contributed by atoms with van der Waals surface area (Å²) in [5.41, 5.74) is -0.484.